The summed E-state index contributed by atoms with van der Waals surface area (Å²) in [7, 11) is -5.76. The van der Waals surface area contributed by atoms with Crippen LogP contribution in [0.1, 0.15) is 5.69 Å². The van der Waals surface area contributed by atoms with E-state index in [1.807, 2.05) is 0 Å². The summed E-state index contributed by atoms with van der Waals surface area (Å²) in [5.74, 6) is -0.654. The van der Waals surface area contributed by atoms with Crippen LogP contribution in [0.2, 0.25) is 0 Å². The van der Waals surface area contributed by atoms with Crippen LogP contribution in [-0.4, -0.2) is 23.9 Å². The molecule has 0 N–H and O–H groups in total. The van der Waals surface area contributed by atoms with Gasteiger partial charge in [0.1, 0.15) is 5.01 Å². The molecule has 108 valence electrons. The fraction of sp³-hybridized carbons (Fsp3) is 0.200. The third-order valence-corrected chi connectivity index (χ3v) is 4.03. The van der Waals surface area contributed by atoms with Gasteiger partial charge in [0.25, 0.3) is 0 Å². The molecule has 0 saturated heterocycles. The van der Waals surface area contributed by atoms with E-state index >= 15 is 0 Å². The second kappa shape index (κ2) is 5.02. The van der Waals surface area contributed by atoms with Crippen LogP contribution in [0.3, 0.4) is 0 Å². The zero-order valence-electron chi connectivity index (χ0n) is 9.88. The summed E-state index contributed by atoms with van der Waals surface area (Å²) in [6.45, 7) is 1.70. The third-order valence-electron chi connectivity index (χ3n) is 2.09. The third kappa shape index (κ3) is 2.90. The summed E-state index contributed by atoms with van der Waals surface area (Å²) >= 11 is 1.14. The van der Waals surface area contributed by atoms with Gasteiger partial charge in [-0.1, -0.05) is 0 Å². The molecule has 0 unspecified atom stereocenters. The normalized spacial score (nSPS) is 12.4. The Balaban J connectivity index is 2.45. The molecule has 0 saturated carbocycles. The van der Waals surface area contributed by atoms with Gasteiger partial charge in [0.15, 0.2) is 0 Å². The zero-order chi connectivity index (χ0) is 15.0. The van der Waals surface area contributed by atoms with Crippen molar-refractivity contribution >= 4 is 21.5 Å². The fourth-order valence-corrected chi connectivity index (χ4v) is 2.50. The van der Waals surface area contributed by atoms with E-state index < -0.39 is 21.5 Å². The number of alkyl halides is 3. The van der Waals surface area contributed by atoms with Crippen LogP contribution in [0.25, 0.3) is 10.6 Å². The Hall–Kier alpha value is -1.68. The molecule has 2 heterocycles. The fourth-order valence-electron chi connectivity index (χ4n) is 1.25. The second-order valence-corrected chi connectivity index (χ2v) is 6.03. The maximum Gasteiger partial charge on any atom is 0.534 e. The Bertz CT molecular complexity index is 725. The lowest BCUT2D eigenvalue weighted by atomic mass is 10.3. The minimum atomic E-state index is -5.76. The maximum absolute atomic E-state index is 12.3. The van der Waals surface area contributed by atoms with E-state index in [0.29, 0.717) is 10.7 Å². The number of halogens is 3. The van der Waals surface area contributed by atoms with Gasteiger partial charge >= 0.3 is 15.6 Å². The maximum atomic E-state index is 12.3. The molecule has 10 heteroatoms. The first kappa shape index (κ1) is 14.7. The van der Waals surface area contributed by atoms with Crippen molar-refractivity contribution in [3.63, 3.8) is 0 Å². The van der Waals surface area contributed by atoms with Gasteiger partial charge in [0.05, 0.1) is 5.56 Å². The number of thiazole rings is 1. The van der Waals surface area contributed by atoms with Crippen molar-refractivity contribution in [2.45, 2.75) is 12.4 Å². The molecule has 0 atom stereocenters. The average molecular weight is 324 g/mol. The van der Waals surface area contributed by atoms with Gasteiger partial charge in [-0.25, -0.2) is 9.97 Å². The Morgan fingerprint density at radius 3 is 2.60 bits per heavy atom. The second-order valence-electron chi connectivity index (χ2n) is 3.63. The molecule has 0 aliphatic carbocycles. The molecule has 0 aliphatic heterocycles. The van der Waals surface area contributed by atoms with Crippen molar-refractivity contribution in [1.82, 2.24) is 9.97 Å². The first-order valence-electron chi connectivity index (χ1n) is 5.09. The Kier molecular flexibility index (Phi) is 3.69. The van der Waals surface area contributed by atoms with E-state index in [2.05, 4.69) is 14.2 Å². The lowest BCUT2D eigenvalue weighted by Gasteiger charge is -2.10. The molecule has 2 aromatic heterocycles. The number of hydrogen-bond donors (Lipinski definition) is 0. The summed E-state index contributed by atoms with van der Waals surface area (Å²) in [5.41, 5.74) is -4.78. The van der Waals surface area contributed by atoms with Gasteiger partial charge in [-0.3, -0.25) is 0 Å². The number of pyridine rings is 1. The molecule has 0 fully saturated rings. The van der Waals surface area contributed by atoms with Gasteiger partial charge in [0.2, 0.25) is 5.88 Å². The molecule has 0 aromatic carbocycles. The van der Waals surface area contributed by atoms with E-state index in [0.717, 1.165) is 17.5 Å². The van der Waals surface area contributed by atoms with Crippen LogP contribution < -0.4 is 4.18 Å². The summed E-state index contributed by atoms with van der Waals surface area (Å²) in [6, 6.07) is 2.83. The number of nitrogens with zero attached hydrogens (tertiary/aromatic N) is 2. The summed E-state index contributed by atoms with van der Waals surface area (Å²) in [4.78, 5) is 7.58. The molecule has 0 aliphatic rings. The minimum Gasteiger partial charge on any atom is -0.354 e. The smallest absolute Gasteiger partial charge is 0.354 e. The first-order valence-corrected chi connectivity index (χ1v) is 7.38. The number of rotatable bonds is 3. The lowest BCUT2D eigenvalue weighted by Crippen LogP contribution is -2.28. The van der Waals surface area contributed by atoms with Crippen molar-refractivity contribution in [2.75, 3.05) is 0 Å². The van der Waals surface area contributed by atoms with Crippen LogP contribution in [0.5, 0.6) is 5.88 Å². The Morgan fingerprint density at radius 2 is 2.05 bits per heavy atom. The van der Waals surface area contributed by atoms with Gasteiger partial charge in [-0.2, -0.15) is 21.6 Å². The first-order chi connectivity index (χ1) is 9.21. The minimum absolute atomic E-state index is 0.0819. The van der Waals surface area contributed by atoms with Crippen LogP contribution >= 0.6 is 11.3 Å². The molecular weight excluding hydrogens is 317 g/mol. The zero-order valence-corrected chi connectivity index (χ0v) is 11.5. The summed E-state index contributed by atoms with van der Waals surface area (Å²) in [5, 5.41) is 1.99. The van der Waals surface area contributed by atoms with Crippen molar-refractivity contribution in [3.8, 4) is 16.5 Å². The number of hydrogen-bond acceptors (Lipinski definition) is 6. The van der Waals surface area contributed by atoms with Crippen LogP contribution in [0, 0.1) is 6.92 Å². The quantitative estimate of drug-likeness (QED) is 0.641. The molecule has 2 aromatic rings. The molecule has 2 rings (SSSR count). The van der Waals surface area contributed by atoms with E-state index in [1.54, 1.807) is 12.3 Å². The monoisotopic (exact) mass is 324 g/mol. The Labute approximate surface area is 116 Å². The van der Waals surface area contributed by atoms with E-state index in [-0.39, 0.29) is 5.56 Å². The van der Waals surface area contributed by atoms with Crippen LogP contribution in [-0.2, 0) is 10.1 Å². The largest absolute Gasteiger partial charge is 0.534 e. The topological polar surface area (TPSA) is 69.2 Å². The van der Waals surface area contributed by atoms with Gasteiger partial charge < -0.3 is 4.18 Å². The standard InChI is InChI=1S/C10H7F3N2O3S2/c1-6-5-19-9(15-6)7-3-2-4-14-8(7)18-20(16,17)10(11,12)13/h2-5H,1H3. The van der Waals surface area contributed by atoms with Crippen LogP contribution in [0.15, 0.2) is 23.7 Å². The summed E-state index contributed by atoms with van der Waals surface area (Å²) < 4.78 is 63.0. The predicted molar refractivity (Wildman–Crippen MR) is 65.7 cm³/mol. The van der Waals surface area contributed by atoms with Gasteiger partial charge in [0, 0.05) is 17.3 Å². The van der Waals surface area contributed by atoms with Crippen molar-refractivity contribution in [3.05, 3.63) is 29.4 Å². The average Bonchev–Trinajstić information content (AvgIpc) is 2.74. The molecule has 0 amide bonds. The molecular formula is C10H7F3N2O3S2. The highest BCUT2D eigenvalue weighted by molar-refractivity contribution is 7.88. The summed E-state index contributed by atoms with van der Waals surface area (Å²) in [6.07, 6.45) is 1.13. The van der Waals surface area contributed by atoms with E-state index in [1.165, 1.54) is 12.1 Å². The number of aromatic nitrogens is 2. The van der Waals surface area contributed by atoms with Crippen molar-refractivity contribution in [2.24, 2.45) is 0 Å². The molecule has 5 nitrogen and oxygen atoms in total. The van der Waals surface area contributed by atoms with E-state index in [4.69, 9.17) is 0 Å². The lowest BCUT2D eigenvalue weighted by molar-refractivity contribution is -0.0501. The van der Waals surface area contributed by atoms with Gasteiger partial charge in [-0.05, 0) is 19.1 Å². The van der Waals surface area contributed by atoms with E-state index in [9.17, 15) is 21.6 Å². The number of aryl methyl sites for hydroxylation is 1. The SMILES string of the molecule is Cc1csc(-c2cccnc2OS(=O)(=O)C(F)(F)F)n1. The Morgan fingerprint density at radius 1 is 1.35 bits per heavy atom. The van der Waals surface area contributed by atoms with Crippen molar-refractivity contribution in [1.29, 1.82) is 0 Å². The van der Waals surface area contributed by atoms with Crippen LogP contribution in [0.4, 0.5) is 13.2 Å². The highest BCUT2D eigenvalue weighted by Gasteiger charge is 2.49. The molecule has 0 bridgehead atoms. The molecule has 20 heavy (non-hydrogen) atoms. The highest BCUT2D eigenvalue weighted by Crippen LogP contribution is 2.33. The predicted octanol–water partition coefficient (Wildman–Crippen LogP) is 2.74. The molecule has 0 spiro atoms. The highest BCUT2D eigenvalue weighted by atomic mass is 32.2. The molecule has 0 radical (unpaired) electrons. The van der Waals surface area contributed by atoms with Crippen molar-refractivity contribution < 1.29 is 25.8 Å². The van der Waals surface area contributed by atoms with Gasteiger partial charge in [-0.15, -0.1) is 11.3 Å².